The van der Waals surface area contributed by atoms with E-state index in [-0.39, 0.29) is 11.7 Å². The lowest BCUT2D eigenvalue weighted by Crippen LogP contribution is -2.10. The van der Waals surface area contributed by atoms with Gasteiger partial charge in [0.25, 0.3) is 5.91 Å². The van der Waals surface area contributed by atoms with Gasteiger partial charge in [-0.05, 0) is 23.6 Å². The van der Waals surface area contributed by atoms with Crippen LogP contribution in [0.4, 0.5) is 5.69 Å². The van der Waals surface area contributed by atoms with Crippen molar-refractivity contribution in [3.63, 3.8) is 0 Å². The predicted octanol–water partition coefficient (Wildman–Crippen LogP) is 2.10. The van der Waals surface area contributed by atoms with Crippen LogP contribution in [0.15, 0.2) is 36.0 Å². The number of thiophene rings is 1. The smallest absolute Gasteiger partial charge is 0.269 e. The fourth-order valence-electron chi connectivity index (χ4n) is 1.10. The number of hydrogen-bond donors (Lipinski definition) is 2. The minimum Gasteiger partial charge on any atom is -0.506 e. The number of aromatic nitrogens is 1. The number of anilines is 1. The maximum Gasteiger partial charge on any atom is 0.269 e. The van der Waals surface area contributed by atoms with Crippen LogP contribution in [0.2, 0.25) is 0 Å². The molecular formula is C10H8N2O2S. The highest BCUT2D eigenvalue weighted by Gasteiger charge is 2.12. The Bertz CT molecular complexity index is 467. The topological polar surface area (TPSA) is 62.2 Å². The SMILES string of the molecule is O=C(Nc1cccnc1)c1sccc1O. The van der Waals surface area contributed by atoms with E-state index < -0.39 is 0 Å². The van der Waals surface area contributed by atoms with E-state index in [2.05, 4.69) is 10.3 Å². The Morgan fingerprint density at radius 1 is 1.47 bits per heavy atom. The third-order valence-corrected chi connectivity index (χ3v) is 2.67. The summed E-state index contributed by atoms with van der Waals surface area (Å²) in [6.07, 6.45) is 3.17. The Kier molecular flexibility index (Phi) is 2.64. The molecule has 0 aliphatic heterocycles. The molecule has 5 heteroatoms. The van der Waals surface area contributed by atoms with Gasteiger partial charge in [0.1, 0.15) is 10.6 Å². The lowest BCUT2D eigenvalue weighted by atomic mass is 10.3. The highest BCUT2D eigenvalue weighted by molar-refractivity contribution is 7.12. The lowest BCUT2D eigenvalue weighted by Gasteiger charge is -2.02. The number of nitrogens with one attached hydrogen (secondary N) is 1. The van der Waals surface area contributed by atoms with Gasteiger partial charge in [0.15, 0.2) is 0 Å². The Balaban J connectivity index is 2.15. The molecule has 2 heterocycles. The van der Waals surface area contributed by atoms with Crippen LogP contribution in [0.3, 0.4) is 0 Å². The van der Waals surface area contributed by atoms with Crippen LogP contribution < -0.4 is 5.32 Å². The van der Waals surface area contributed by atoms with Crippen LogP contribution in [-0.4, -0.2) is 16.0 Å². The van der Waals surface area contributed by atoms with Crippen LogP contribution >= 0.6 is 11.3 Å². The minimum absolute atomic E-state index is 0.00129. The molecule has 2 aromatic heterocycles. The third kappa shape index (κ3) is 2.13. The zero-order valence-corrected chi connectivity index (χ0v) is 8.49. The molecule has 15 heavy (non-hydrogen) atoms. The maximum absolute atomic E-state index is 11.6. The minimum atomic E-state index is -0.324. The summed E-state index contributed by atoms with van der Waals surface area (Å²) in [6.45, 7) is 0. The number of hydrogen-bond acceptors (Lipinski definition) is 4. The van der Waals surface area contributed by atoms with Crippen molar-refractivity contribution in [2.24, 2.45) is 0 Å². The second-order valence-electron chi connectivity index (χ2n) is 2.83. The maximum atomic E-state index is 11.6. The van der Waals surface area contributed by atoms with Crippen molar-refractivity contribution in [2.45, 2.75) is 0 Å². The summed E-state index contributed by atoms with van der Waals surface area (Å²) < 4.78 is 0. The quantitative estimate of drug-likeness (QED) is 0.814. The van der Waals surface area contributed by atoms with Gasteiger partial charge in [-0.15, -0.1) is 11.3 Å². The van der Waals surface area contributed by atoms with Crippen LogP contribution in [0.1, 0.15) is 9.67 Å². The number of nitrogens with zero attached hydrogens (tertiary/aromatic N) is 1. The van der Waals surface area contributed by atoms with E-state index in [0.717, 1.165) is 0 Å². The molecule has 2 rings (SSSR count). The van der Waals surface area contributed by atoms with Gasteiger partial charge in [-0.25, -0.2) is 0 Å². The third-order valence-electron chi connectivity index (χ3n) is 1.77. The second-order valence-corrected chi connectivity index (χ2v) is 3.75. The molecule has 0 fully saturated rings. The number of carbonyl (C=O) groups is 1. The number of rotatable bonds is 2. The van der Waals surface area contributed by atoms with Gasteiger partial charge in [-0.3, -0.25) is 9.78 Å². The predicted molar refractivity (Wildman–Crippen MR) is 58.2 cm³/mol. The van der Waals surface area contributed by atoms with Crippen LogP contribution in [0.5, 0.6) is 5.75 Å². The molecular weight excluding hydrogens is 212 g/mol. The van der Waals surface area contributed by atoms with Crippen LogP contribution in [0.25, 0.3) is 0 Å². The molecule has 4 nitrogen and oxygen atoms in total. The van der Waals surface area contributed by atoms with Crippen LogP contribution in [0, 0.1) is 0 Å². The van der Waals surface area contributed by atoms with E-state index in [9.17, 15) is 9.90 Å². The largest absolute Gasteiger partial charge is 0.506 e. The van der Waals surface area contributed by atoms with Crippen molar-refractivity contribution in [1.82, 2.24) is 4.98 Å². The summed E-state index contributed by atoms with van der Waals surface area (Å²) in [5.74, 6) is -0.322. The number of aromatic hydroxyl groups is 1. The van der Waals surface area contributed by atoms with Crippen molar-refractivity contribution in [1.29, 1.82) is 0 Å². The fourth-order valence-corrected chi connectivity index (χ4v) is 1.78. The molecule has 0 aliphatic rings. The Labute approximate surface area is 90.2 Å². The van der Waals surface area contributed by atoms with E-state index >= 15 is 0 Å². The first-order chi connectivity index (χ1) is 7.27. The van der Waals surface area contributed by atoms with Gasteiger partial charge < -0.3 is 10.4 Å². The van der Waals surface area contributed by atoms with E-state index in [1.54, 1.807) is 29.9 Å². The number of carbonyl (C=O) groups excluding carboxylic acids is 1. The summed E-state index contributed by atoms with van der Waals surface area (Å²) in [7, 11) is 0. The van der Waals surface area contributed by atoms with Crippen molar-refractivity contribution < 1.29 is 9.90 Å². The molecule has 0 spiro atoms. The summed E-state index contributed by atoms with van der Waals surface area (Å²) >= 11 is 1.19. The Morgan fingerprint density at radius 2 is 2.33 bits per heavy atom. The van der Waals surface area contributed by atoms with E-state index in [1.807, 2.05) is 0 Å². The molecule has 76 valence electrons. The van der Waals surface area contributed by atoms with Crippen molar-refractivity contribution in [3.05, 3.63) is 40.8 Å². The molecule has 2 aromatic rings. The molecule has 0 saturated heterocycles. The molecule has 0 aromatic carbocycles. The molecule has 0 unspecified atom stereocenters. The van der Waals surface area contributed by atoms with Crippen molar-refractivity contribution in [2.75, 3.05) is 5.32 Å². The molecule has 0 bridgehead atoms. The van der Waals surface area contributed by atoms with Gasteiger partial charge >= 0.3 is 0 Å². The van der Waals surface area contributed by atoms with Gasteiger partial charge in [0, 0.05) is 6.20 Å². The van der Waals surface area contributed by atoms with Gasteiger partial charge in [-0.2, -0.15) is 0 Å². The monoisotopic (exact) mass is 220 g/mol. The molecule has 2 N–H and O–H groups in total. The Morgan fingerprint density at radius 3 is 2.93 bits per heavy atom. The summed E-state index contributed by atoms with van der Waals surface area (Å²) in [5.41, 5.74) is 0.607. The summed E-state index contributed by atoms with van der Waals surface area (Å²) in [4.78, 5) is 15.8. The number of pyridine rings is 1. The molecule has 1 amide bonds. The van der Waals surface area contributed by atoms with Gasteiger partial charge in [-0.1, -0.05) is 0 Å². The lowest BCUT2D eigenvalue weighted by molar-refractivity contribution is 0.102. The first kappa shape index (κ1) is 9.67. The van der Waals surface area contributed by atoms with Gasteiger partial charge in [0.05, 0.1) is 11.9 Å². The van der Waals surface area contributed by atoms with E-state index in [0.29, 0.717) is 10.6 Å². The molecule has 0 atom stereocenters. The summed E-state index contributed by atoms with van der Waals surface area (Å²) in [5, 5.41) is 13.6. The van der Waals surface area contributed by atoms with Crippen molar-refractivity contribution >= 4 is 22.9 Å². The first-order valence-corrected chi connectivity index (χ1v) is 5.13. The second kappa shape index (κ2) is 4.10. The fraction of sp³-hybridized carbons (Fsp3) is 0. The highest BCUT2D eigenvalue weighted by atomic mass is 32.1. The zero-order chi connectivity index (χ0) is 10.7. The normalized spacial score (nSPS) is 9.87. The van der Waals surface area contributed by atoms with E-state index in [4.69, 9.17) is 0 Å². The number of amides is 1. The highest BCUT2D eigenvalue weighted by Crippen LogP contribution is 2.23. The molecule has 0 aliphatic carbocycles. The Hall–Kier alpha value is -1.88. The first-order valence-electron chi connectivity index (χ1n) is 4.25. The summed E-state index contributed by atoms with van der Waals surface area (Å²) in [6, 6.07) is 4.95. The zero-order valence-electron chi connectivity index (χ0n) is 7.68. The molecule has 0 saturated carbocycles. The average molecular weight is 220 g/mol. The standard InChI is InChI=1S/C10H8N2O2S/c13-8-3-5-15-9(8)10(14)12-7-2-1-4-11-6-7/h1-6,13H,(H,12,14). The average Bonchev–Trinajstić information content (AvgIpc) is 2.66. The molecule has 0 radical (unpaired) electrons. The van der Waals surface area contributed by atoms with E-state index in [1.165, 1.54) is 17.4 Å². The van der Waals surface area contributed by atoms with Crippen LogP contribution in [-0.2, 0) is 0 Å². The van der Waals surface area contributed by atoms with Crippen molar-refractivity contribution in [3.8, 4) is 5.75 Å². The van der Waals surface area contributed by atoms with Gasteiger partial charge in [0.2, 0.25) is 0 Å².